The van der Waals surface area contributed by atoms with E-state index < -0.39 is 0 Å². The molecule has 0 aliphatic rings. The van der Waals surface area contributed by atoms with Crippen molar-refractivity contribution in [1.29, 1.82) is 0 Å². The fraction of sp³-hybridized carbons (Fsp3) is 0.538. The van der Waals surface area contributed by atoms with Crippen LogP contribution in [0.1, 0.15) is 50.3 Å². The summed E-state index contributed by atoms with van der Waals surface area (Å²) in [6, 6.07) is 3.44. The zero-order chi connectivity index (χ0) is 12.0. The molecule has 2 heteroatoms. The lowest BCUT2D eigenvalue weighted by atomic mass is 9.97. The van der Waals surface area contributed by atoms with Gasteiger partial charge in [0.1, 0.15) is 5.82 Å². The van der Waals surface area contributed by atoms with Crippen LogP contribution in [0.4, 0.5) is 4.39 Å². The molecule has 1 aromatic carbocycles. The highest BCUT2D eigenvalue weighted by atomic mass is 19.1. The van der Waals surface area contributed by atoms with E-state index in [-0.39, 0.29) is 11.7 Å². The van der Waals surface area contributed by atoms with Gasteiger partial charge in [0.15, 0.2) is 0 Å². The van der Waals surface area contributed by atoms with Gasteiger partial charge >= 0.3 is 0 Å². The van der Waals surface area contributed by atoms with Gasteiger partial charge in [-0.25, -0.2) is 4.39 Å². The van der Waals surface area contributed by atoms with E-state index in [1.807, 2.05) is 40.7 Å². The molecule has 1 aromatic rings. The zero-order valence-electron chi connectivity index (χ0n) is 10.4. The highest BCUT2D eigenvalue weighted by Crippen LogP contribution is 2.22. The summed E-state index contributed by atoms with van der Waals surface area (Å²) in [4.78, 5) is 0. The van der Waals surface area contributed by atoms with Gasteiger partial charge in [-0.15, -0.1) is 0 Å². The molecule has 0 unspecified atom stereocenters. The molecule has 0 saturated carbocycles. The smallest absolute Gasteiger partial charge is 0.126 e. The van der Waals surface area contributed by atoms with E-state index in [0.717, 1.165) is 16.7 Å². The van der Waals surface area contributed by atoms with Gasteiger partial charge in [0.25, 0.3) is 0 Å². The molecule has 0 fully saturated rings. The van der Waals surface area contributed by atoms with Gasteiger partial charge in [-0.3, -0.25) is 0 Å². The summed E-state index contributed by atoms with van der Waals surface area (Å²) in [5.74, 6) is 0.0931. The Morgan fingerprint density at radius 3 is 2.20 bits per heavy atom. The van der Waals surface area contributed by atoms with E-state index in [9.17, 15) is 4.39 Å². The van der Waals surface area contributed by atoms with Crippen LogP contribution < -0.4 is 5.73 Å². The third-order valence-electron chi connectivity index (χ3n) is 2.30. The van der Waals surface area contributed by atoms with E-state index in [2.05, 4.69) is 0 Å². The van der Waals surface area contributed by atoms with E-state index in [1.54, 1.807) is 6.07 Å². The number of nitrogens with two attached hydrogens (primary N) is 1. The molecule has 0 atom stereocenters. The minimum Gasteiger partial charge on any atom is -0.326 e. The molecule has 0 aliphatic carbocycles. The summed E-state index contributed by atoms with van der Waals surface area (Å²) in [6.45, 7) is 10.3. The van der Waals surface area contributed by atoms with E-state index in [1.165, 1.54) is 0 Å². The summed E-state index contributed by atoms with van der Waals surface area (Å²) in [5.41, 5.74) is 8.27. The Morgan fingerprint density at radius 2 is 1.80 bits per heavy atom. The van der Waals surface area contributed by atoms with Gasteiger partial charge in [-0.05, 0) is 35.6 Å². The first-order chi connectivity index (χ1) is 7.06. The van der Waals surface area contributed by atoms with Gasteiger partial charge in [-0.2, -0.15) is 0 Å². The van der Waals surface area contributed by atoms with Gasteiger partial charge in [-0.1, -0.05) is 33.8 Å². The van der Waals surface area contributed by atoms with Crippen LogP contribution in [0, 0.1) is 12.7 Å². The summed E-state index contributed by atoms with van der Waals surface area (Å²) in [7, 11) is 0. The quantitative estimate of drug-likeness (QED) is 0.792. The highest BCUT2D eigenvalue weighted by Gasteiger charge is 2.09. The van der Waals surface area contributed by atoms with E-state index in [0.29, 0.717) is 6.54 Å². The molecule has 1 nitrogen and oxygen atoms in total. The fourth-order valence-electron chi connectivity index (χ4n) is 1.40. The maximum atomic E-state index is 13.4. The number of halogens is 1. The van der Waals surface area contributed by atoms with Gasteiger partial charge in [0, 0.05) is 6.54 Å². The molecular formula is C13H22FN. The number of hydrogen-bond acceptors (Lipinski definition) is 1. The maximum absolute atomic E-state index is 13.4. The predicted octanol–water partition coefficient (Wildman–Crippen LogP) is 3.74. The molecule has 0 radical (unpaired) electrons. The third kappa shape index (κ3) is 3.63. The number of hydrogen-bond donors (Lipinski definition) is 1. The first kappa shape index (κ1) is 14.1. The van der Waals surface area contributed by atoms with Gasteiger partial charge in [0.05, 0.1) is 0 Å². The molecule has 0 aromatic heterocycles. The van der Waals surface area contributed by atoms with Crippen molar-refractivity contribution in [3.8, 4) is 0 Å². The van der Waals surface area contributed by atoms with Crippen molar-refractivity contribution in [2.45, 2.75) is 47.1 Å². The number of rotatable bonds is 2. The Hall–Kier alpha value is -0.890. The molecule has 0 bridgehead atoms. The minimum atomic E-state index is -0.121. The summed E-state index contributed by atoms with van der Waals surface area (Å²) in [6.07, 6.45) is 0. The van der Waals surface area contributed by atoms with Crippen LogP contribution in [0.15, 0.2) is 12.1 Å². The maximum Gasteiger partial charge on any atom is 0.126 e. The summed E-state index contributed by atoms with van der Waals surface area (Å²) < 4.78 is 13.4. The summed E-state index contributed by atoms with van der Waals surface area (Å²) >= 11 is 0. The van der Waals surface area contributed by atoms with Crippen LogP contribution in [-0.4, -0.2) is 0 Å². The van der Waals surface area contributed by atoms with Gasteiger partial charge < -0.3 is 5.73 Å². The van der Waals surface area contributed by atoms with Crippen molar-refractivity contribution < 1.29 is 4.39 Å². The molecular weight excluding hydrogens is 189 g/mol. The minimum absolute atomic E-state index is 0.121. The van der Waals surface area contributed by atoms with Crippen molar-refractivity contribution in [1.82, 2.24) is 0 Å². The van der Waals surface area contributed by atoms with E-state index >= 15 is 0 Å². The van der Waals surface area contributed by atoms with E-state index in [4.69, 9.17) is 5.73 Å². The average Bonchev–Trinajstić information content (AvgIpc) is 2.20. The Morgan fingerprint density at radius 1 is 1.27 bits per heavy atom. The second-order valence-electron chi connectivity index (χ2n) is 3.66. The first-order valence-electron chi connectivity index (χ1n) is 5.55. The topological polar surface area (TPSA) is 26.0 Å². The fourth-order valence-corrected chi connectivity index (χ4v) is 1.40. The van der Waals surface area contributed by atoms with Crippen molar-refractivity contribution in [2.75, 3.05) is 0 Å². The largest absolute Gasteiger partial charge is 0.326 e. The molecule has 0 spiro atoms. The van der Waals surface area contributed by atoms with Crippen LogP contribution in [-0.2, 0) is 6.54 Å². The van der Waals surface area contributed by atoms with Crippen LogP contribution in [0.5, 0.6) is 0 Å². The zero-order valence-corrected chi connectivity index (χ0v) is 10.4. The first-order valence-corrected chi connectivity index (χ1v) is 5.55. The second-order valence-corrected chi connectivity index (χ2v) is 3.66. The Kier molecular flexibility index (Phi) is 6.18. The third-order valence-corrected chi connectivity index (χ3v) is 2.30. The Bertz CT molecular complexity index is 306. The second kappa shape index (κ2) is 6.57. The van der Waals surface area contributed by atoms with Crippen molar-refractivity contribution >= 4 is 0 Å². The lowest BCUT2D eigenvalue weighted by molar-refractivity contribution is 0.595. The van der Waals surface area contributed by atoms with Crippen LogP contribution in [0.3, 0.4) is 0 Å². The summed E-state index contributed by atoms with van der Waals surface area (Å²) in [5, 5.41) is 0. The van der Waals surface area contributed by atoms with Crippen molar-refractivity contribution in [2.24, 2.45) is 5.73 Å². The SMILES string of the molecule is CC.Cc1cc(F)c(C(C)C)cc1CN. The highest BCUT2D eigenvalue weighted by molar-refractivity contribution is 5.33. The molecule has 0 amide bonds. The van der Waals surface area contributed by atoms with Crippen molar-refractivity contribution in [3.05, 3.63) is 34.6 Å². The Balaban J connectivity index is 0.000000921. The van der Waals surface area contributed by atoms with Gasteiger partial charge in [0.2, 0.25) is 0 Å². The van der Waals surface area contributed by atoms with Crippen LogP contribution in [0.2, 0.25) is 0 Å². The number of benzene rings is 1. The molecule has 0 aliphatic heterocycles. The number of aryl methyl sites for hydroxylation is 1. The molecule has 86 valence electrons. The Labute approximate surface area is 92.5 Å². The molecule has 1 rings (SSSR count). The normalized spacial score (nSPS) is 9.87. The standard InChI is InChI=1S/C11H16FN.C2H6/c1-7(2)10-5-9(6-13)8(3)4-11(10)12;1-2/h4-5,7H,6,13H2,1-3H3;1-2H3. The molecule has 0 saturated heterocycles. The average molecular weight is 211 g/mol. The van der Waals surface area contributed by atoms with Crippen LogP contribution in [0.25, 0.3) is 0 Å². The lowest BCUT2D eigenvalue weighted by Crippen LogP contribution is -2.03. The lowest BCUT2D eigenvalue weighted by Gasteiger charge is -2.11. The molecule has 0 heterocycles. The van der Waals surface area contributed by atoms with Crippen molar-refractivity contribution in [3.63, 3.8) is 0 Å². The molecule has 15 heavy (non-hydrogen) atoms. The van der Waals surface area contributed by atoms with Crippen LogP contribution >= 0.6 is 0 Å². The monoisotopic (exact) mass is 211 g/mol. The predicted molar refractivity (Wildman–Crippen MR) is 64.5 cm³/mol. The molecule has 2 N–H and O–H groups in total.